The fourth-order valence-electron chi connectivity index (χ4n) is 3.40. The minimum Gasteiger partial charge on any atom is -0.469 e. The Hall–Kier alpha value is -2.05. The van der Waals surface area contributed by atoms with E-state index in [-0.39, 0.29) is 17.9 Å². The smallest absolute Gasteiger partial charge is 0.416 e. The summed E-state index contributed by atoms with van der Waals surface area (Å²) in [6.07, 6.45) is 3.16. The van der Waals surface area contributed by atoms with Crippen LogP contribution in [0.15, 0.2) is 18.2 Å². The van der Waals surface area contributed by atoms with E-state index in [0.717, 1.165) is 12.0 Å². The number of hydrogen-bond acceptors (Lipinski definition) is 5. The second kappa shape index (κ2) is 9.24. The summed E-state index contributed by atoms with van der Waals surface area (Å²) in [4.78, 5) is 31.1. The third-order valence-corrected chi connectivity index (χ3v) is 4.64. The van der Waals surface area contributed by atoms with Gasteiger partial charge in [-0.3, -0.25) is 9.69 Å². The summed E-state index contributed by atoms with van der Waals surface area (Å²) < 4.78 is 10.5. The van der Waals surface area contributed by atoms with Crippen LogP contribution in [-0.4, -0.2) is 43.1 Å². The number of aromatic nitrogens is 1. The number of nitrogens with zero attached hydrogens (tertiary/aromatic N) is 2. The molecule has 1 fully saturated rings. The number of carbonyl (C=O) groups is 2. The van der Waals surface area contributed by atoms with E-state index in [9.17, 15) is 9.59 Å². The first-order valence-corrected chi connectivity index (χ1v) is 9.59. The van der Waals surface area contributed by atoms with Crippen molar-refractivity contribution in [3.05, 3.63) is 23.9 Å². The molecular formula is C20H30BN2O4. The SMILES string of the molecule is C[B]Cc1cccc(N(C(=O)OC(C)(C)C)C2CCC(C(=O)OC)CC2)n1. The van der Waals surface area contributed by atoms with Crippen molar-refractivity contribution in [3.8, 4) is 0 Å². The summed E-state index contributed by atoms with van der Waals surface area (Å²) in [6.45, 7) is 7.54. The van der Waals surface area contributed by atoms with Crippen molar-refractivity contribution in [1.29, 1.82) is 0 Å². The Morgan fingerprint density at radius 3 is 2.44 bits per heavy atom. The van der Waals surface area contributed by atoms with Gasteiger partial charge in [-0.1, -0.05) is 12.9 Å². The van der Waals surface area contributed by atoms with Crippen LogP contribution in [0.3, 0.4) is 0 Å². The highest BCUT2D eigenvalue weighted by molar-refractivity contribution is 6.32. The van der Waals surface area contributed by atoms with Crippen molar-refractivity contribution in [2.45, 2.75) is 71.2 Å². The summed E-state index contributed by atoms with van der Waals surface area (Å²) in [7, 11) is 3.45. The molecule has 6 nitrogen and oxygen atoms in total. The molecule has 1 aromatic rings. The van der Waals surface area contributed by atoms with Crippen molar-refractivity contribution >= 4 is 25.2 Å². The average molecular weight is 373 g/mol. The average Bonchev–Trinajstić information content (AvgIpc) is 2.61. The maximum absolute atomic E-state index is 13.0. The van der Waals surface area contributed by atoms with Crippen molar-refractivity contribution < 1.29 is 19.1 Å². The molecule has 0 unspecified atom stereocenters. The van der Waals surface area contributed by atoms with E-state index < -0.39 is 11.7 Å². The second-order valence-corrected chi connectivity index (χ2v) is 7.98. The monoisotopic (exact) mass is 373 g/mol. The summed E-state index contributed by atoms with van der Waals surface area (Å²) in [5.74, 6) is 0.335. The molecule has 0 saturated heterocycles. The number of methoxy groups -OCH3 is 1. The summed E-state index contributed by atoms with van der Waals surface area (Å²) in [5.41, 5.74) is 0.319. The Bertz CT molecular complexity index is 652. The highest BCUT2D eigenvalue weighted by Crippen LogP contribution is 2.32. The van der Waals surface area contributed by atoms with Gasteiger partial charge in [-0.25, -0.2) is 9.78 Å². The van der Waals surface area contributed by atoms with Crippen LogP contribution < -0.4 is 4.90 Å². The van der Waals surface area contributed by atoms with Crippen LogP contribution in [-0.2, 0) is 20.6 Å². The molecule has 0 N–H and O–H groups in total. The van der Waals surface area contributed by atoms with Gasteiger partial charge in [-0.05, 0) is 64.9 Å². The molecule has 0 bridgehead atoms. The molecule has 0 atom stereocenters. The minimum absolute atomic E-state index is 0.0471. The van der Waals surface area contributed by atoms with Gasteiger partial charge in [0.05, 0.1) is 13.0 Å². The van der Waals surface area contributed by atoms with Gasteiger partial charge in [0.15, 0.2) is 0 Å². The first kappa shape index (κ1) is 21.3. The highest BCUT2D eigenvalue weighted by atomic mass is 16.6. The third kappa shape index (κ3) is 5.98. The summed E-state index contributed by atoms with van der Waals surface area (Å²) in [5, 5.41) is 0. The lowest BCUT2D eigenvalue weighted by molar-refractivity contribution is -0.146. The summed E-state index contributed by atoms with van der Waals surface area (Å²) in [6, 6.07) is 5.66. The standard InChI is InChI=1S/C20H30BN2O4/c1-20(2,3)27-19(25)23(17-8-6-7-15(22-17)13-21-4)16-11-9-14(10-12-16)18(24)26-5/h6-8,14,16H,9-13H2,1-5H3. The second-order valence-electron chi connectivity index (χ2n) is 7.98. The number of anilines is 1. The minimum atomic E-state index is -0.590. The maximum Gasteiger partial charge on any atom is 0.416 e. The molecule has 1 aliphatic rings. The molecule has 27 heavy (non-hydrogen) atoms. The molecular weight excluding hydrogens is 343 g/mol. The van der Waals surface area contributed by atoms with Crippen LogP contribution in [0.25, 0.3) is 0 Å². The molecule has 1 aliphatic carbocycles. The molecule has 2 rings (SSSR count). The number of esters is 1. The van der Waals surface area contributed by atoms with E-state index in [0.29, 0.717) is 31.5 Å². The predicted molar refractivity (Wildman–Crippen MR) is 106 cm³/mol. The van der Waals surface area contributed by atoms with Gasteiger partial charge in [0.25, 0.3) is 0 Å². The topological polar surface area (TPSA) is 68.7 Å². The summed E-state index contributed by atoms with van der Waals surface area (Å²) >= 11 is 0. The number of amides is 1. The van der Waals surface area contributed by atoms with E-state index >= 15 is 0 Å². The molecule has 1 radical (unpaired) electrons. The van der Waals surface area contributed by atoms with E-state index in [1.165, 1.54) is 7.11 Å². The first-order chi connectivity index (χ1) is 12.7. The van der Waals surface area contributed by atoms with E-state index in [1.807, 2.05) is 53.1 Å². The Morgan fingerprint density at radius 2 is 1.89 bits per heavy atom. The van der Waals surface area contributed by atoms with Crippen molar-refractivity contribution in [2.24, 2.45) is 5.92 Å². The normalized spacial score (nSPS) is 19.9. The van der Waals surface area contributed by atoms with Gasteiger partial charge >= 0.3 is 12.1 Å². The lowest BCUT2D eigenvalue weighted by Gasteiger charge is -2.36. The Balaban J connectivity index is 2.24. The quantitative estimate of drug-likeness (QED) is 0.580. The van der Waals surface area contributed by atoms with Gasteiger partial charge < -0.3 is 9.47 Å². The molecule has 0 aromatic carbocycles. The third-order valence-electron chi connectivity index (χ3n) is 4.64. The van der Waals surface area contributed by atoms with Gasteiger partial charge in [0, 0.05) is 11.7 Å². The zero-order valence-electron chi connectivity index (χ0n) is 17.0. The van der Waals surface area contributed by atoms with Gasteiger partial charge in [-0.15, -0.1) is 0 Å². The number of ether oxygens (including phenoxy) is 2. The molecule has 7 heteroatoms. The van der Waals surface area contributed by atoms with Crippen LogP contribution in [0.2, 0.25) is 6.82 Å². The lowest BCUT2D eigenvalue weighted by Crippen LogP contribution is -2.46. The molecule has 147 valence electrons. The van der Waals surface area contributed by atoms with Crippen LogP contribution in [0.1, 0.15) is 52.1 Å². The zero-order chi connectivity index (χ0) is 20.0. The molecule has 1 aromatic heterocycles. The molecule has 1 saturated carbocycles. The number of rotatable bonds is 5. The van der Waals surface area contributed by atoms with Gasteiger partial charge in [0.1, 0.15) is 18.7 Å². The number of hydrogen-bond donors (Lipinski definition) is 0. The van der Waals surface area contributed by atoms with Crippen molar-refractivity contribution in [1.82, 2.24) is 4.98 Å². The maximum atomic E-state index is 13.0. The fraction of sp³-hybridized carbons (Fsp3) is 0.650. The van der Waals surface area contributed by atoms with Crippen molar-refractivity contribution in [2.75, 3.05) is 12.0 Å². The van der Waals surface area contributed by atoms with Gasteiger partial charge in [-0.2, -0.15) is 0 Å². The van der Waals surface area contributed by atoms with Crippen molar-refractivity contribution in [3.63, 3.8) is 0 Å². The number of pyridine rings is 1. The predicted octanol–water partition coefficient (Wildman–Crippen LogP) is 3.81. The largest absolute Gasteiger partial charge is 0.469 e. The molecule has 1 amide bonds. The van der Waals surface area contributed by atoms with Crippen LogP contribution >= 0.6 is 0 Å². The van der Waals surface area contributed by atoms with Crippen LogP contribution in [0.5, 0.6) is 0 Å². The van der Waals surface area contributed by atoms with E-state index in [2.05, 4.69) is 4.98 Å². The molecule has 1 heterocycles. The highest BCUT2D eigenvalue weighted by Gasteiger charge is 2.35. The Labute approximate surface area is 162 Å². The zero-order valence-corrected chi connectivity index (χ0v) is 17.0. The first-order valence-electron chi connectivity index (χ1n) is 9.59. The Kier molecular flexibility index (Phi) is 7.28. The Morgan fingerprint density at radius 1 is 1.22 bits per heavy atom. The van der Waals surface area contributed by atoms with Gasteiger partial charge in [0.2, 0.25) is 0 Å². The lowest BCUT2D eigenvalue weighted by atomic mass is 9.77. The molecule has 0 spiro atoms. The van der Waals surface area contributed by atoms with E-state index in [4.69, 9.17) is 9.47 Å². The van der Waals surface area contributed by atoms with Crippen LogP contribution in [0, 0.1) is 5.92 Å². The van der Waals surface area contributed by atoms with Crippen LogP contribution in [0.4, 0.5) is 10.6 Å². The fourth-order valence-corrected chi connectivity index (χ4v) is 3.40. The number of carbonyl (C=O) groups excluding carboxylic acids is 2. The molecule has 0 aliphatic heterocycles. The van der Waals surface area contributed by atoms with E-state index in [1.54, 1.807) is 4.90 Å².